The Kier molecular flexibility index (Phi) is 7.24. The second-order valence-electron chi connectivity index (χ2n) is 10.3. The summed E-state index contributed by atoms with van der Waals surface area (Å²) in [6.45, 7) is 4.60. The predicted molar refractivity (Wildman–Crippen MR) is 165 cm³/mol. The van der Waals surface area contributed by atoms with Crippen LogP contribution in [0, 0.1) is 19.7 Å². The number of nitrogens with one attached hydrogen (secondary N) is 2. The van der Waals surface area contributed by atoms with Crippen molar-refractivity contribution in [2.45, 2.75) is 32.4 Å². The van der Waals surface area contributed by atoms with Gasteiger partial charge in [0.05, 0.1) is 29.2 Å². The Bertz CT molecular complexity index is 1750. The number of benzene rings is 3. The van der Waals surface area contributed by atoms with Gasteiger partial charge < -0.3 is 20.1 Å². The van der Waals surface area contributed by atoms with Crippen molar-refractivity contribution in [2.24, 2.45) is 0 Å². The number of carbonyl (C=O) groups is 1. The van der Waals surface area contributed by atoms with Crippen LogP contribution in [0.4, 0.5) is 10.1 Å². The molecule has 8 heteroatoms. The van der Waals surface area contributed by atoms with Gasteiger partial charge in [-0.2, -0.15) is 0 Å². The number of carbonyl (C=O) groups excluding carboxylic acids is 1. The van der Waals surface area contributed by atoms with Gasteiger partial charge in [0, 0.05) is 35.9 Å². The van der Waals surface area contributed by atoms with Crippen molar-refractivity contribution < 1.29 is 9.18 Å². The molecule has 206 valence electrons. The van der Waals surface area contributed by atoms with E-state index >= 15 is 0 Å². The van der Waals surface area contributed by atoms with Crippen molar-refractivity contribution in [3.05, 3.63) is 126 Å². The molecule has 1 saturated heterocycles. The van der Waals surface area contributed by atoms with Crippen LogP contribution in [0.3, 0.4) is 0 Å². The Morgan fingerprint density at radius 1 is 1.00 bits per heavy atom. The zero-order valence-electron chi connectivity index (χ0n) is 22.8. The molecule has 0 saturated carbocycles. The van der Waals surface area contributed by atoms with E-state index in [1.807, 2.05) is 18.2 Å². The minimum atomic E-state index is -0.465. The molecule has 1 amide bonds. The molecule has 0 radical (unpaired) electrons. The Balaban J connectivity index is 1.37. The summed E-state index contributed by atoms with van der Waals surface area (Å²) in [6, 6.07) is 28.5. The zero-order valence-corrected chi connectivity index (χ0v) is 23.7. The van der Waals surface area contributed by atoms with E-state index in [1.165, 1.54) is 16.8 Å². The van der Waals surface area contributed by atoms with Crippen LogP contribution in [0.25, 0.3) is 16.5 Å². The van der Waals surface area contributed by atoms with Gasteiger partial charge >= 0.3 is 0 Å². The van der Waals surface area contributed by atoms with Gasteiger partial charge in [-0.1, -0.05) is 54.6 Å². The molecule has 0 bridgehead atoms. The molecule has 6 nitrogen and oxygen atoms in total. The molecule has 5 aromatic rings. The summed E-state index contributed by atoms with van der Waals surface area (Å²) in [5.41, 5.74) is 5.45. The van der Waals surface area contributed by atoms with Crippen molar-refractivity contribution >= 4 is 39.7 Å². The van der Waals surface area contributed by atoms with Crippen molar-refractivity contribution in [2.75, 3.05) is 11.9 Å². The first-order valence-electron chi connectivity index (χ1n) is 13.6. The summed E-state index contributed by atoms with van der Waals surface area (Å²) in [5, 5.41) is 9.06. The Hall–Kier alpha value is -4.56. The number of hydrogen-bond acceptors (Lipinski definition) is 3. The number of rotatable bonds is 7. The number of anilines is 1. The fourth-order valence-electron chi connectivity index (χ4n) is 5.84. The molecule has 0 aliphatic carbocycles. The van der Waals surface area contributed by atoms with Crippen LogP contribution in [0.1, 0.15) is 41.1 Å². The molecule has 41 heavy (non-hydrogen) atoms. The highest BCUT2D eigenvalue weighted by atomic mass is 32.1. The van der Waals surface area contributed by atoms with Gasteiger partial charge in [-0.25, -0.2) is 4.39 Å². The molecule has 1 aliphatic heterocycles. The number of hydrogen-bond donors (Lipinski definition) is 2. The maximum Gasteiger partial charge on any atom is 0.226 e. The van der Waals surface area contributed by atoms with E-state index in [1.54, 1.807) is 24.4 Å². The Labute approximate surface area is 243 Å². The first-order chi connectivity index (χ1) is 19.9. The summed E-state index contributed by atoms with van der Waals surface area (Å²) < 4.78 is 16.4. The van der Waals surface area contributed by atoms with E-state index in [0.717, 1.165) is 28.3 Å². The van der Waals surface area contributed by atoms with Crippen LogP contribution in [-0.2, 0) is 4.79 Å². The second kappa shape index (κ2) is 11.1. The fraction of sp³-hybridized carbons (Fsp3) is 0.182. The number of thiocarbonyl (C=S) groups is 1. The van der Waals surface area contributed by atoms with Crippen molar-refractivity contribution in [3.63, 3.8) is 0 Å². The smallest absolute Gasteiger partial charge is 0.226 e. The first-order valence-corrected chi connectivity index (χ1v) is 14.0. The van der Waals surface area contributed by atoms with Gasteiger partial charge in [0.25, 0.3) is 0 Å². The maximum absolute atomic E-state index is 14.1. The lowest BCUT2D eigenvalue weighted by Crippen LogP contribution is -2.33. The third-order valence-corrected chi connectivity index (χ3v) is 8.07. The van der Waals surface area contributed by atoms with E-state index in [-0.39, 0.29) is 30.1 Å². The number of para-hydroxylation sites is 1. The zero-order chi connectivity index (χ0) is 28.5. The summed E-state index contributed by atoms with van der Waals surface area (Å²) in [4.78, 5) is 19.6. The maximum atomic E-state index is 14.1. The molecule has 2 N–H and O–H groups in total. The topological polar surface area (TPSA) is 62.2 Å². The van der Waals surface area contributed by atoms with E-state index < -0.39 is 5.82 Å². The highest BCUT2D eigenvalue weighted by Crippen LogP contribution is 2.42. The average Bonchev–Trinajstić information content (AvgIpc) is 3.47. The van der Waals surface area contributed by atoms with Crippen molar-refractivity contribution in [1.29, 1.82) is 0 Å². The van der Waals surface area contributed by atoms with Crippen LogP contribution in [0.5, 0.6) is 0 Å². The van der Waals surface area contributed by atoms with Crippen LogP contribution < -0.4 is 10.6 Å². The van der Waals surface area contributed by atoms with Crippen LogP contribution in [0.15, 0.2) is 97.2 Å². The van der Waals surface area contributed by atoms with Gasteiger partial charge in [0.2, 0.25) is 5.91 Å². The SMILES string of the molecule is Cc1cc([C@H]2[C@@H](c3ccccn3)NC(=S)N2CCC(=O)Nc2ccccc2F)c(C)n1-c1cccc2ccccc12. The second-order valence-corrected chi connectivity index (χ2v) is 10.6. The molecule has 3 aromatic carbocycles. The van der Waals surface area contributed by atoms with E-state index in [2.05, 4.69) is 87.5 Å². The lowest BCUT2D eigenvalue weighted by molar-refractivity contribution is -0.116. The monoisotopic (exact) mass is 563 g/mol. The molecule has 6 rings (SSSR count). The highest BCUT2D eigenvalue weighted by molar-refractivity contribution is 7.80. The molecular weight excluding hydrogens is 533 g/mol. The minimum absolute atomic E-state index is 0.143. The first kappa shape index (κ1) is 26.7. The quantitative estimate of drug-likeness (QED) is 0.214. The average molecular weight is 564 g/mol. The summed E-state index contributed by atoms with van der Waals surface area (Å²) in [5.74, 6) is -0.743. The Morgan fingerprint density at radius 2 is 1.76 bits per heavy atom. The van der Waals surface area contributed by atoms with Gasteiger partial charge in [-0.3, -0.25) is 9.78 Å². The number of fused-ring (bicyclic) bond motifs is 1. The van der Waals surface area contributed by atoms with Crippen LogP contribution >= 0.6 is 12.2 Å². The van der Waals surface area contributed by atoms with Gasteiger partial charge in [0.15, 0.2) is 5.11 Å². The third kappa shape index (κ3) is 5.07. The summed E-state index contributed by atoms with van der Waals surface area (Å²) in [7, 11) is 0. The number of amides is 1. The van der Waals surface area contributed by atoms with Gasteiger partial charge in [0.1, 0.15) is 5.82 Å². The molecule has 1 aliphatic rings. The van der Waals surface area contributed by atoms with Gasteiger partial charge in [-0.15, -0.1) is 0 Å². The summed E-state index contributed by atoms with van der Waals surface area (Å²) in [6.07, 6.45) is 1.92. The number of pyridine rings is 1. The normalized spacial score (nSPS) is 16.7. The molecule has 2 aromatic heterocycles. The molecule has 1 fully saturated rings. The van der Waals surface area contributed by atoms with Crippen molar-refractivity contribution in [3.8, 4) is 5.69 Å². The van der Waals surface area contributed by atoms with E-state index in [4.69, 9.17) is 12.2 Å². The minimum Gasteiger partial charge on any atom is -0.352 e. The molecule has 0 spiro atoms. The highest BCUT2D eigenvalue weighted by Gasteiger charge is 2.41. The number of nitrogens with zero attached hydrogens (tertiary/aromatic N) is 3. The third-order valence-electron chi connectivity index (χ3n) is 7.72. The lowest BCUT2D eigenvalue weighted by Gasteiger charge is -2.28. The largest absolute Gasteiger partial charge is 0.352 e. The number of halogens is 1. The standard InChI is InChI=1S/C33H30FN5OS/c1-21-20-25(22(2)39(21)29-16-9-11-23-10-3-4-12-24(23)29)32-31(28-15-7-8-18-35-28)37-33(41)38(32)19-17-30(40)36-27-14-6-5-13-26(27)34/h3-16,18,20,31-32H,17,19H2,1-2H3,(H,36,40)(H,37,41)/t31-,32+/m1/s1. The molecular formula is C33H30FN5OS. The van der Waals surface area contributed by atoms with Crippen molar-refractivity contribution in [1.82, 2.24) is 19.8 Å². The fourth-order valence-corrected chi connectivity index (χ4v) is 6.17. The lowest BCUT2D eigenvalue weighted by atomic mass is 9.96. The summed E-state index contributed by atoms with van der Waals surface area (Å²) >= 11 is 5.83. The van der Waals surface area contributed by atoms with Crippen LogP contribution in [-0.4, -0.2) is 32.0 Å². The number of aromatic nitrogens is 2. The van der Waals surface area contributed by atoms with E-state index in [0.29, 0.717) is 11.7 Å². The predicted octanol–water partition coefficient (Wildman–Crippen LogP) is 6.78. The van der Waals surface area contributed by atoms with E-state index in [9.17, 15) is 9.18 Å². The molecule has 0 unspecified atom stereocenters. The number of aryl methyl sites for hydroxylation is 1. The van der Waals surface area contributed by atoms with Gasteiger partial charge in [-0.05, 0) is 73.4 Å². The molecule has 3 heterocycles. The molecule has 2 atom stereocenters. The van der Waals surface area contributed by atoms with Crippen LogP contribution in [0.2, 0.25) is 0 Å². The Morgan fingerprint density at radius 3 is 2.56 bits per heavy atom.